The number of rotatable bonds is 7. The summed E-state index contributed by atoms with van der Waals surface area (Å²) in [5.41, 5.74) is 6.52. The van der Waals surface area contributed by atoms with E-state index in [0.717, 1.165) is 5.56 Å². The van der Waals surface area contributed by atoms with Crippen molar-refractivity contribution in [2.75, 3.05) is 6.54 Å². The number of carboxylic acid groups (broad SMARTS) is 1. The van der Waals surface area contributed by atoms with Gasteiger partial charge in [-0.15, -0.1) is 0 Å². The molecule has 0 spiro atoms. The van der Waals surface area contributed by atoms with Gasteiger partial charge in [0, 0.05) is 19.0 Å². The van der Waals surface area contributed by atoms with Gasteiger partial charge in [0.15, 0.2) is 0 Å². The summed E-state index contributed by atoms with van der Waals surface area (Å²) >= 11 is 0. The third-order valence-electron chi connectivity index (χ3n) is 2.93. The fraction of sp³-hybridized carbons (Fsp3) is 0.429. The highest BCUT2D eigenvalue weighted by atomic mass is 16.4. The number of amides is 1. The first-order valence-electron chi connectivity index (χ1n) is 6.31. The number of aliphatic carboxylic acids is 1. The number of carboxylic acids is 1. The van der Waals surface area contributed by atoms with Crippen molar-refractivity contribution in [1.82, 2.24) is 5.32 Å². The molecule has 0 fully saturated rings. The minimum Gasteiger partial charge on any atom is -0.481 e. The second-order valence-electron chi connectivity index (χ2n) is 4.54. The zero-order valence-corrected chi connectivity index (χ0v) is 11.0. The van der Waals surface area contributed by atoms with Gasteiger partial charge in [-0.3, -0.25) is 9.59 Å². The van der Waals surface area contributed by atoms with Gasteiger partial charge in [-0.1, -0.05) is 30.3 Å². The average Bonchev–Trinajstić information content (AvgIpc) is 2.38. The second kappa shape index (κ2) is 7.53. The van der Waals surface area contributed by atoms with E-state index < -0.39 is 11.9 Å². The molecule has 0 radical (unpaired) electrons. The molecular weight excluding hydrogens is 244 g/mol. The molecular formula is C14H20N2O3. The standard InChI is InChI=1S/C14H20N2O3/c1-10(7-8-13(17)18)16-14(19)12(9-15)11-5-3-2-4-6-11/h2-6,10,12H,7-9,15H2,1H3,(H,16,19)(H,17,18). The Morgan fingerprint density at radius 3 is 2.47 bits per heavy atom. The van der Waals surface area contributed by atoms with Crippen LogP contribution < -0.4 is 11.1 Å². The molecule has 2 atom stereocenters. The van der Waals surface area contributed by atoms with E-state index in [1.807, 2.05) is 30.3 Å². The normalized spacial score (nSPS) is 13.6. The molecule has 0 bridgehead atoms. The highest BCUT2D eigenvalue weighted by Gasteiger charge is 2.20. The molecule has 0 heterocycles. The SMILES string of the molecule is CC(CCC(=O)O)NC(=O)C(CN)c1ccccc1. The van der Waals surface area contributed by atoms with Crippen LogP contribution in [0.2, 0.25) is 0 Å². The summed E-state index contributed by atoms with van der Waals surface area (Å²) in [5.74, 6) is -1.42. The third-order valence-corrected chi connectivity index (χ3v) is 2.93. The lowest BCUT2D eigenvalue weighted by Gasteiger charge is -2.19. The van der Waals surface area contributed by atoms with Crippen molar-refractivity contribution < 1.29 is 14.7 Å². The van der Waals surface area contributed by atoms with Crippen LogP contribution in [-0.2, 0) is 9.59 Å². The number of hydrogen-bond acceptors (Lipinski definition) is 3. The first-order valence-corrected chi connectivity index (χ1v) is 6.31. The van der Waals surface area contributed by atoms with Crippen LogP contribution in [-0.4, -0.2) is 29.6 Å². The largest absolute Gasteiger partial charge is 0.481 e. The number of carbonyl (C=O) groups excluding carboxylic acids is 1. The monoisotopic (exact) mass is 264 g/mol. The Hall–Kier alpha value is -1.88. The van der Waals surface area contributed by atoms with Crippen LogP contribution in [0.4, 0.5) is 0 Å². The molecule has 1 aromatic rings. The van der Waals surface area contributed by atoms with E-state index in [1.54, 1.807) is 6.92 Å². The Labute approximate surface area is 112 Å². The number of nitrogens with one attached hydrogen (secondary N) is 1. The number of carbonyl (C=O) groups is 2. The Balaban J connectivity index is 2.57. The van der Waals surface area contributed by atoms with Gasteiger partial charge in [0.2, 0.25) is 5.91 Å². The van der Waals surface area contributed by atoms with E-state index in [-0.39, 0.29) is 24.9 Å². The van der Waals surface area contributed by atoms with Crippen LogP contribution >= 0.6 is 0 Å². The highest BCUT2D eigenvalue weighted by Crippen LogP contribution is 2.14. The van der Waals surface area contributed by atoms with E-state index in [4.69, 9.17) is 10.8 Å². The van der Waals surface area contributed by atoms with Gasteiger partial charge in [0.1, 0.15) is 0 Å². The number of nitrogens with two attached hydrogens (primary N) is 1. The zero-order valence-electron chi connectivity index (χ0n) is 11.0. The summed E-state index contributed by atoms with van der Waals surface area (Å²) in [5, 5.41) is 11.4. The summed E-state index contributed by atoms with van der Waals surface area (Å²) < 4.78 is 0. The van der Waals surface area contributed by atoms with Crippen molar-refractivity contribution in [3.63, 3.8) is 0 Å². The molecule has 0 saturated heterocycles. The molecule has 0 aliphatic carbocycles. The van der Waals surface area contributed by atoms with Crippen molar-refractivity contribution in [3.05, 3.63) is 35.9 Å². The van der Waals surface area contributed by atoms with Gasteiger partial charge in [0.25, 0.3) is 0 Å². The molecule has 0 aromatic heterocycles. The van der Waals surface area contributed by atoms with Crippen LogP contribution in [0, 0.1) is 0 Å². The number of benzene rings is 1. The molecule has 104 valence electrons. The van der Waals surface area contributed by atoms with Crippen LogP contribution in [0.25, 0.3) is 0 Å². The van der Waals surface area contributed by atoms with Crippen LogP contribution in [0.1, 0.15) is 31.2 Å². The van der Waals surface area contributed by atoms with Crippen molar-refractivity contribution in [2.45, 2.75) is 31.7 Å². The van der Waals surface area contributed by atoms with Gasteiger partial charge in [0.05, 0.1) is 5.92 Å². The predicted molar refractivity (Wildman–Crippen MR) is 72.7 cm³/mol. The van der Waals surface area contributed by atoms with E-state index in [9.17, 15) is 9.59 Å². The molecule has 0 aliphatic heterocycles. The lowest BCUT2D eigenvalue weighted by Crippen LogP contribution is -2.39. The van der Waals surface area contributed by atoms with E-state index in [2.05, 4.69) is 5.32 Å². The molecule has 1 aromatic carbocycles. The molecule has 1 rings (SSSR count). The molecule has 0 saturated carbocycles. The maximum absolute atomic E-state index is 12.1. The van der Waals surface area contributed by atoms with E-state index in [0.29, 0.717) is 6.42 Å². The fourth-order valence-corrected chi connectivity index (χ4v) is 1.84. The number of hydrogen-bond donors (Lipinski definition) is 3. The van der Waals surface area contributed by atoms with Crippen molar-refractivity contribution >= 4 is 11.9 Å². The van der Waals surface area contributed by atoms with Gasteiger partial charge < -0.3 is 16.2 Å². The fourth-order valence-electron chi connectivity index (χ4n) is 1.84. The molecule has 4 N–H and O–H groups in total. The minimum atomic E-state index is -0.862. The van der Waals surface area contributed by atoms with Crippen LogP contribution in [0.15, 0.2) is 30.3 Å². The Morgan fingerprint density at radius 2 is 1.95 bits per heavy atom. The zero-order chi connectivity index (χ0) is 14.3. The Kier molecular flexibility index (Phi) is 6.02. The highest BCUT2D eigenvalue weighted by molar-refractivity contribution is 5.84. The first kappa shape index (κ1) is 15.2. The summed E-state index contributed by atoms with van der Waals surface area (Å²) in [6, 6.07) is 9.14. The molecule has 0 aliphatic rings. The van der Waals surface area contributed by atoms with Crippen LogP contribution in [0.5, 0.6) is 0 Å². The lowest BCUT2D eigenvalue weighted by molar-refractivity contribution is -0.137. The molecule has 5 nitrogen and oxygen atoms in total. The maximum atomic E-state index is 12.1. The smallest absolute Gasteiger partial charge is 0.303 e. The topological polar surface area (TPSA) is 92.4 Å². The van der Waals surface area contributed by atoms with Gasteiger partial charge in [-0.25, -0.2) is 0 Å². The molecule has 5 heteroatoms. The van der Waals surface area contributed by atoms with Gasteiger partial charge >= 0.3 is 5.97 Å². The van der Waals surface area contributed by atoms with E-state index >= 15 is 0 Å². The summed E-state index contributed by atoms with van der Waals surface area (Å²) in [4.78, 5) is 22.6. The van der Waals surface area contributed by atoms with Gasteiger partial charge in [-0.2, -0.15) is 0 Å². The molecule has 19 heavy (non-hydrogen) atoms. The van der Waals surface area contributed by atoms with Crippen molar-refractivity contribution in [2.24, 2.45) is 5.73 Å². The Morgan fingerprint density at radius 1 is 1.32 bits per heavy atom. The van der Waals surface area contributed by atoms with Crippen molar-refractivity contribution in [1.29, 1.82) is 0 Å². The predicted octanol–water partition coefficient (Wildman–Crippen LogP) is 1.10. The minimum absolute atomic E-state index is 0.0417. The second-order valence-corrected chi connectivity index (χ2v) is 4.54. The van der Waals surface area contributed by atoms with Crippen molar-refractivity contribution in [3.8, 4) is 0 Å². The Bertz CT molecular complexity index is 420. The third kappa shape index (κ3) is 5.09. The molecule has 2 unspecified atom stereocenters. The lowest BCUT2D eigenvalue weighted by atomic mass is 9.98. The summed E-state index contributed by atoms with van der Waals surface area (Å²) in [7, 11) is 0. The first-order chi connectivity index (χ1) is 9.04. The molecule has 1 amide bonds. The average molecular weight is 264 g/mol. The summed E-state index contributed by atoms with van der Waals surface area (Å²) in [6.45, 7) is 2.01. The van der Waals surface area contributed by atoms with Gasteiger partial charge in [-0.05, 0) is 18.9 Å². The quantitative estimate of drug-likeness (QED) is 0.687. The summed E-state index contributed by atoms with van der Waals surface area (Å²) in [6.07, 6.45) is 0.452. The maximum Gasteiger partial charge on any atom is 0.303 e. The van der Waals surface area contributed by atoms with Crippen LogP contribution in [0.3, 0.4) is 0 Å². The van der Waals surface area contributed by atoms with E-state index in [1.165, 1.54) is 0 Å².